The number of fused-ring (bicyclic) bond motifs is 1. The molecule has 0 spiro atoms. The van der Waals surface area contributed by atoms with Gasteiger partial charge in [0.05, 0.1) is 5.75 Å². The zero-order valence-corrected chi connectivity index (χ0v) is 16.2. The number of sulfone groups is 1. The number of rotatable bonds is 7. The number of amides is 1. The van der Waals surface area contributed by atoms with E-state index in [4.69, 9.17) is 0 Å². The molecule has 6 nitrogen and oxygen atoms in total. The zero-order valence-electron chi connectivity index (χ0n) is 15.4. The summed E-state index contributed by atoms with van der Waals surface area (Å²) in [5, 5.41) is 9.50. The van der Waals surface area contributed by atoms with Crippen molar-refractivity contribution in [1.82, 2.24) is 4.90 Å². The van der Waals surface area contributed by atoms with E-state index in [1.165, 1.54) is 4.90 Å². The Hall–Kier alpha value is -1.89. The predicted molar refractivity (Wildman–Crippen MR) is 102 cm³/mol. The number of likely N-dealkylation sites (tertiary alicyclic amines) is 1. The third-order valence-corrected chi connectivity index (χ3v) is 7.37. The van der Waals surface area contributed by atoms with E-state index in [0.29, 0.717) is 19.3 Å². The number of carbonyl (C=O) groups is 2. The minimum Gasteiger partial charge on any atom is -0.480 e. The van der Waals surface area contributed by atoms with Crippen LogP contribution in [0.2, 0.25) is 0 Å². The minimum atomic E-state index is -3.56. The van der Waals surface area contributed by atoms with Gasteiger partial charge in [-0.15, -0.1) is 0 Å². The van der Waals surface area contributed by atoms with E-state index < -0.39 is 33.5 Å². The van der Waals surface area contributed by atoms with Crippen LogP contribution in [0, 0.1) is 5.92 Å². The molecule has 1 amide bonds. The van der Waals surface area contributed by atoms with Gasteiger partial charge in [0.15, 0.2) is 9.84 Å². The summed E-state index contributed by atoms with van der Waals surface area (Å²) in [7, 11) is -3.56. The Bertz CT molecular complexity index is 777. The highest BCUT2D eigenvalue weighted by Crippen LogP contribution is 2.39. The Kier molecular flexibility index (Phi) is 6.19. The predicted octanol–water partition coefficient (Wildman–Crippen LogP) is 2.28. The Morgan fingerprint density at radius 3 is 2.52 bits per heavy atom. The molecule has 1 aliphatic heterocycles. The Morgan fingerprint density at radius 1 is 1.11 bits per heavy atom. The Labute approximate surface area is 160 Å². The first-order chi connectivity index (χ1) is 12.9. The second-order valence-corrected chi connectivity index (χ2v) is 9.87. The van der Waals surface area contributed by atoms with Crippen molar-refractivity contribution in [1.29, 1.82) is 0 Å². The molecule has 3 rings (SSSR count). The molecule has 1 heterocycles. The maximum atomic E-state index is 12.7. The normalized spacial score (nSPS) is 25.2. The molecule has 1 aliphatic carbocycles. The summed E-state index contributed by atoms with van der Waals surface area (Å²) in [4.78, 5) is 25.7. The van der Waals surface area contributed by atoms with Crippen LogP contribution in [0.3, 0.4) is 0 Å². The Morgan fingerprint density at radius 2 is 1.81 bits per heavy atom. The van der Waals surface area contributed by atoms with Crippen LogP contribution in [0.4, 0.5) is 0 Å². The van der Waals surface area contributed by atoms with Gasteiger partial charge < -0.3 is 10.0 Å². The third-order valence-electron chi connectivity index (χ3n) is 5.77. The molecule has 148 valence electrons. The van der Waals surface area contributed by atoms with E-state index in [1.807, 2.05) is 30.3 Å². The topological polar surface area (TPSA) is 91.8 Å². The summed E-state index contributed by atoms with van der Waals surface area (Å²) >= 11 is 0. The van der Waals surface area contributed by atoms with Crippen LogP contribution in [-0.2, 0) is 25.8 Å². The average Bonchev–Trinajstić information content (AvgIpc) is 3.02. The molecule has 1 saturated heterocycles. The summed E-state index contributed by atoms with van der Waals surface area (Å²) in [6, 6.07) is 8.62. The van der Waals surface area contributed by atoms with Crippen LogP contribution < -0.4 is 0 Å². The second-order valence-electron chi connectivity index (χ2n) is 7.68. The summed E-state index contributed by atoms with van der Waals surface area (Å²) in [5.74, 6) is -2.04. The number of nitrogens with zero attached hydrogens (tertiary/aromatic N) is 1. The lowest BCUT2D eigenvalue weighted by Crippen LogP contribution is -2.48. The van der Waals surface area contributed by atoms with Gasteiger partial charge in [0.1, 0.15) is 11.8 Å². The van der Waals surface area contributed by atoms with Crippen molar-refractivity contribution in [3.8, 4) is 0 Å². The monoisotopic (exact) mass is 393 g/mol. The van der Waals surface area contributed by atoms with Gasteiger partial charge in [0.25, 0.3) is 0 Å². The van der Waals surface area contributed by atoms with Crippen molar-refractivity contribution < 1.29 is 23.1 Å². The van der Waals surface area contributed by atoms with Crippen LogP contribution in [0.1, 0.15) is 44.1 Å². The van der Waals surface area contributed by atoms with E-state index >= 15 is 0 Å². The smallest absolute Gasteiger partial charge is 0.326 e. The fourth-order valence-electron chi connectivity index (χ4n) is 4.51. The maximum absolute atomic E-state index is 12.7. The van der Waals surface area contributed by atoms with Gasteiger partial charge in [-0.1, -0.05) is 43.2 Å². The molecular formula is C20H27NO5S. The molecule has 0 unspecified atom stereocenters. The second kappa shape index (κ2) is 8.42. The number of carbonyl (C=O) groups excluding carboxylic acids is 1. The molecule has 1 aromatic rings. The molecule has 2 aliphatic rings. The number of hydrogen-bond acceptors (Lipinski definition) is 4. The van der Waals surface area contributed by atoms with Gasteiger partial charge in [0, 0.05) is 6.04 Å². The van der Waals surface area contributed by atoms with Gasteiger partial charge in [-0.3, -0.25) is 4.79 Å². The zero-order chi connectivity index (χ0) is 19.4. The standard InChI is InChI=1S/C20H27NO5S/c22-19(14-27(25,26)12-6-9-15-7-2-1-3-8-15)21-17-11-5-4-10-16(17)13-18(21)20(23)24/h1-3,7-8,16-18H,4-6,9-14H2,(H,23,24)/t16-,17+,18+/m1/s1. The van der Waals surface area contributed by atoms with E-state index in [2.05, 4.69) is 0 Å². The van der Waals surface area contributed by atoms with E-state index in [1.54, 1.807) is 0 Å². The SMILES string of the molecule is O=C(O)[C@@H]1C[C@H]2CCCC[C@@H]2N1C(=O)CS(=O)(=O)CCCc1ccccc1. The molecule has 7 heteroatoms. The number of aryl methyl sites for hydroxylation is 1. The molecule has 1 saturated carbocycles. The van der Waals surface area contributed by atoms with Crippen molar-refractivity contribution in [3.63, 3.8) is 0 Å². The summed E-state index contributed by atoms with van der Waals surface area (Å²) in [6.07, 6.45) is 5.24. The lowest BCUT2D eigenvalue weighted by atomic mass is 9.85. The number of aliphatic carboxylic acids is 1. The first-order valence-corrected chi connectivity index (χ1v) is 11.5. The first-order valence-electron chi connectivity index (χ1n) is 9.66. The molecular weight excluding hydrogens is 366 g/mol. The first kappa shape index (κ1) is 19.9. The number of carboxylic acids is 1. The van der Waals surface area contributed by atoms with Crippen molar-refractivity contribution in [2.45, 2.75) is 57.0 Å². The van der Waals surface area contributed by atoms with Crippen molar-refractivity contribution in [3.05, 3.63) is 35.9 Å². The summed E-state index contributed by atoms with van der Waals surface area (Å²) < 4.78 is 24.9. The molecule has 1 N–H and O–H groups in total. The van der Waals surface area contributed by atoms with Crippen molar-refractivity contribution in [2.24, 2.45) is 5.92 Å². The summed E-state index contributed by atoms with van der Waals surface area (Å²) in [6.45, 7) is 0. The Balaban J connectivity index is 1.61. The van der Waals surface area contributed by atoms with E-state index in [-0.39, 0.29) is 17.7 Å². The molecule has 0 aromatic heterocycles. The lowest BCUT2D eigenvalue weighted by Gasteiger charge is -2.33. The summed E-state index contributed by atoms with van der Waals surface area (Å²) in [5.41, 5.74) is 1.06. The highest BCUT2D eigenvalue weighted by atomic mass is 32.2. The van der Waals surface area contributed by atoms with Crippen LogP contribution >= 0.6 is 0 Å². The van der Waals surface area contributed by atoms with Crippen LogP contribution in [0.5, 0.6) is 0 Å². The van der Waals surface area contributed by atoms with Crippen LogP contribution in [0.25, 0.3) is 0 Å². The van der Waals surface area contributed by atoms with Crippen LogP contribution in [0.15, 0.2) is 30.3 Å². The van der Waals surface area contributed by atoms with Crippen molar-refractivity contribution >= 4 is 21.7 Å². The molecule has 1 aromatic carbocycles. The fourth-order valence-corrected chi connectivity index (χ4v) is 5.77. The number of carboxylic acid groups (broad SMARTS) is 1. The highest BCUT2D eigenvalue weighted by Gasteiger charge is 2.47. The van der Waals surface area contributed by atoms with Gasteiger partial charge in [-0.05, 0) is 43.6 Å². The van der Waals surface area contributed by atoms with Crippen LogP contribution in [-0.4, -0.2) is 53.9 Å². The third kappa shape index (κ3) is 4.89. The number of benzene rings is 1. The molecule has 3 atom stereocenters. The van der Waals surface area contributed by atoms with E-state index in [9.17, 15) is 23.1 Å². The quantitative estimate of drug-likeness (QED) is 0.767. The molecule has 0 radical (unpaired) electrons. The maximum Gasteiger partial charge on any atom is 0.326 e. The van der Waals surface area contributed by atoms with Gasteiger partial charge >= 0.3 is 5.97 Å². The van der Waals surface area contributed by atoms with Crippen molar-refractivity contribution in [2.75, 3.05) is 11.5 Å². The van der Waals surface area contributed by atoms with E-state index in [0.717, 1.165) is 31.2 Å². The molecule has 2 fully saturated rings. The largest absolute Gasteiger partial charge is 0.480 e. The molecule has 0 bridgehead atoms. The minimum absolute atomic E-state index is 0.0622. The van der Waals surface area contributed by atoms with Gasteiger partial charge in [-0.2, -0.15) is 0 Å². The lowest BCUT2D eigenvalue weighted by molar-refractivity contribution is -0.148. The van der Waals surface area contributed by atoms with Gasteiger partial charge in [0.2, 0.25) is 5.91 Å². The molecule has 27 heavy (non-hydrogen) atoms. The fraction of sp³-hybridized carbons (Fsp3) is 0.600. The highest BCUT2D eigenvalue weighted by molar-refractivity contribution is 7.92. The number of hydrogen-bond donors (Lipinski definition) is 1. The average molecular weight is 394 g/mol. The van der Waals surface area contributed by atoms with Gasteiger partial charge in [-0.25, -0.2) is 13.2 Å².